The van der Waals surface area contributed by atoms with E-state index in [1.54, 1.807) is 32.3 Å². The normalized spacial score (nSPS) is 12.1. The van der Waals surface area contributed by atoms with Gasteiger partial charge in [-0.3, -0.25) is 9.59 Å². The fourth-order valence-electron chi connectivity index (χ4n) is 3.18. The number of rotatable bonds is 4. The summed E-state index contributed by atoms with van der Waals surface area (Å²) < 4.78 is 40.3. The maximum absolute atomic E-state index is 12.9. The van der Waals surface area contributed by atoms with Gasteiger partial charge in [0.2, 0.25) is 5.91 Å². The molecule has 0 saturated carbocycles. The number of carbonyl (C=O) groups is 1. The summed E-state index contributed by atoms with van der Waals surface area (Å²) in [4.78, 5) is 40.7. The molecular formula is C18H16F3N7O2S. The number of alkyl halides is 3. The molecule has 0 unspecified atom stereocenters. The van der Waals surface area contributed by atoms with Crippen molar-refractivity contribution in [2.75, 3.05) is 7.05 Å². The highest BCUT2D eigenvalue weighted by molar-refractivity contribution is 7.17. The van der Waals surface area contributed by atoms with Crippen LogP contribution in [0.1, 0.15) is 28.6 Å². The van der Waals surface area contributed by atoms with Crippen molar-refractivity contribution in [3.63, 3.8) is 0 Å². The number of aromatic nitrogens is 6. The van der Waals surface area contributed by atoms with Gasteiger partial charge in [-0.25, -0.2) is 14.5 Å². The van der Waals surface area contributed by atoms with E-state index in [-0.39, 0.29) is 30.2 Å². The standard InChI is InChI=1S/C18H16F3N7O2S/c1-8-10(9(2)28-17(22-8)25-16(26-28)18(19,20)21)6-13(29)27(3)7-12-23-11-4-5-31-14(11)15(30)24-12/h4-5H,6-7H2,1-3H3,(H,23,24,30). The molecule has 4 rings (SSSR count). The fourth-order valence-corrected chi connectivity index (χ4v) is 3.91. The second kappa shape index (κ2) is 7.41. The molecule has 0 spiro atoms. The quantitative estimate of drug-likeness (QED) is 0.510. The number of hydrogen-bond donors (Lipinski definition) is 1. The minimum Gasteiger partial charge on any atom is -0.338 e. The van der Waals surface area contributed by atoms with Crippen LogP contribution >= 0.6 is 11.3 Å². The molecule has 0 aliphatic carbocycles. The molecule has 0 aliphatic rings. The van der Waals surface area contributed by atoms with Gasteiger partial charge in [0.15, 0.2) is 0 Å². The van der Waals surface area contributed by atoms with Crippen molar-refractivity contribution in [1.82, 2.24) is 34.4 Å². The first kappa shape index (κ1) is 20.9. The number of amides is 1. The summed E-state index contributed by atoms with van der Waals surface area (Å²) in [6, 6.07) is 1.72. The van der Waals surface area contributed by atoms with Gasteiger partial charge in [0.1, 0.15) is 10.5 Å². The van der Waals surface area contributed by atoms with Gasteiger partial charge in [0.25, 0.3) is 17.2 Å². The Morgan fingerprint density at radius 1 is 1.26 bits per heavy atom. The second-order valence-electron chi connectivity index (χ2n) is 6.98. The summed E-state index contributed by atoms with van der Waals surface area (Å²) in [5, 5.41) is 5.24. The predicted octanol–water partition coefficient (Wildman–Crippen LogP) is 2.26. The molecule has 0 bridgehead atoms. The van der Waals surface area contributed by atoms with Gasteiger partial charge in [0.05, 0.1) is 18.5 Å². The first-order chi connectivity index (χ1) is 14.5. The third-order valence-corrected chi connectivity index (χ3v) is 5.71. The Morgan fingerprint density at radius 2 is 2.00 bits per heavy atom. The Labute approximate surface area is 176 Å². The van der Waals surface area contributed by atoms with E-state index in [4.69, 9.17) is 0 Å². The highest BCUT2D eigenvalue weighted by Gasteiger charge is 2.37. The Kier molecular flexibility index (Phi) is 5.00. The van der Waals surface area contributed by atoms with Crippen molar-refractivity contribution >= 4 is 33.2 Å². The van der Waals surface area contributed by atoms with Gasteiger partial charge < -0.3 is 9.88 Å². The lowest BCUT2D eigenvalue weighted by atomic mass is 10.1. The number of likely N-dealkylation sites (N-methyl/N-ethyl adjacent to an activating group) is 1. The summed E-state index contributed by atoms with van der Waals surface area (Å²) in [6.07, 6.45) is -4.80. The van der Waals surface area contributed by atoms with Crippen LogP contribution in [-0.4, -0.2) is 47.4 Å². The number of thiophene rings is 1. The topological polar surface area (TPSA) is 109 Å². The molecule has 1 amide bonds. The van der Waals surface area contributed by atoms with Gasteiger partial charge in [-0.1, -0.05) is 0 Å². The van der Waals surface area contributed by atoms with Crippen molar-refractivity contribution in [1.29, 1.82) is 0 Å². The predicted molar refractivity (Wildman–Crippen MR) is 106 cm³/mol. The lowest BCUT2D eigenvalue weighted by molar-refractivity contribution is -0.144. The smallest absolute Gasteiger partial charge is 0.338 e. The van der Waals surface area contributed by atoms with Crippen LogP contribution in [0, 0.1) is 13.8 Å². The van der Waals surface area contributed by atoms with Crippen molar-refractivity contribution in [3.05, 3.63) is 50.4 Å². The van der Waals surface area contributed by atoms with E-state index in [1.165, 1.54) is 16.2 Å². The monoisotopic (exact) mass is 451 g/mol. The van der Waals surface area contributed by atoms with Crippen LogP contribution in [0.3, 0.4) is 0 Å². The summed E-state index contributed by atoms with van der Waals surface area (Å²) in [5.74, 6) is -1.46. The van der Waals surface area contributed by atoms with Crippen LogP contribution in [0.2, 0.25) is 0 Å². The molecule has 4 aromatic rings. The van der Waals surface area contributed by atoms with E-state index in [9.17, 15) is 22.8 Å². The highest BCUT2D eigenvalue weighted by Crippen LogP contribution is 2.27. The van der Waals surface area contributed by atoms with Crippen molar-refractivity contribution in [3.8, 4) is 0 Å². The number of halogens is 3. The summed E-state index contributed by atoms with van der Waals surface area (Å²) in [6.45, 7) is 3.22. The average Bonchev–Trinajstić information content (AvgIpc) is 3.31. The minimum absolute atomic E-state index is 0.0647. The molecule has 31 heavy (non-hydrogen) atoms. The zero-order chi connectivity index (χ0) is 22.5. The number of carbonyl (C=O) groups excluding carboxylic acids is 1. The first-order valence-electron chi connectivity index (χ1n) is 9.05. The zero-order valence-corrected chi connectivity index (χ0v) is 17.4. The van der Waals surface area contributed by atoms with E-state index in [2.05, 4.69) is 25.0 Å². The summed E-state index contributed by atoms with van der Waals surface area (Å²) >= 11 is 1.28. The maximum Gasteiger partial charge on any atom is 0.453 e. The Hall–Kier alpha value is -3.35. The molecule has 1 N–H and O–H groups in total. The van der Waals surface area contributed by atoms with E-state index in [1.807, 2.05) is 0 Å². The van der Waals surface area contributed by atoms with Crippen LogP contribution in [0.25, 0.3) is 16.0 Å². The van der Waals surface area contributed by atoms with Crippen molar-refractivity contribution in [2.24, 2.45) is 0 Å². The van der Waals surface area contributed by atoms with Gasteiger partial charge >= 0.3 is 6.18 Å². The number of aromatic amines is 1. The Bertz CT molecular complexity index is 1370. The number of nitrogens with zero attached hydrogens (tertiary/aromatic N) is 6. The molecule has 0 aromatic carbocycles. The lowest BCUT2D eigenvalue weighted by Crippen LogP contribution is -2.30. The van der Waals surface area contributed by atoms with Crippen LogP contribution in [-0.2, 0) is 23.9 Å². The number of fused-ring (bicyclic) bond motifs is 2. The summed E-state index contributed by atoms with van der Waals surface area (Å²) in [5.41, 5.74) is 1.47. The van der Waals surface area contributed by atoms with Crippen LogP contribution < -0.4 is 5.56 Å². The molecule has 0 radical (unpaired) electrons. The minimum atomic E-state index is -4.70. The lowest BCUT2D eigenvalue weighted by Gasteiger charge is -2.18. The second-order valence-corrected chi connectivity index (χ2v) is 7.90. The largest absolute Gasteiger partial charge is 0.453 e. The zero-order valence-electron chi connectivity index (χ0n) is 16.6. The van der Waals surface area contributed by atoms with Gasteiger partial charge in [-0.05, 0) is 25.3 Å². The third kappa shape index (κ3) is 3.87. The van der Waals surface area contributed by atoms with Gasteiger partial charge in [0, 0.05) is 24.0 Å². The van der Waals surface area contributed by atoms with Crippen LogP contribution in [0.5, 0.6) is 0 Å². The molecule has 9 nitrogen and oxygen atoms in total. The summed E-state index contributed by atoms with van der Waals surface area (Å²) in [7, 11) is 1.55. The van der Waals surface area contributed by atoms with Crippen molar-refractivity contribution in [2.45, 2.75) is 33.0 Å². The molecule has 0 aliphatic heterocycles. The Balaban J connectivity index is 1.58. The number of H-pyrrole nitrogens is 1. The SMILES string of the molecule is Cc1nc2nc(C(F)(F)F)nn2c(C)c1CC(=O)N(C)Cc1nc2ccsc2c(=O)[nH]1. The van der Waals surface area contributed by atoms with Crippen LogP contribution in [0.15, 0.2) is 16.2 Å². The Morgan fingerprint density at radius 3 is 2.71 bits per heavy atom. The molecule has 4 heterocycles. The average molecular weight is 451 g/mol. The van der Waals surface area contributed by atoms with E-state index in [0.717, 1.165) is 4.52 Å². The molecule has 4 aromatic heterocycles. The van der Waals surface area contributed by atoms with E-state index < -0.39 is 12.0 Å². The molecule has 0 saturated heterocycles. The fraction of sp³-hybridized carbons (Fsp3) is 0.333. The number of hydrogen-bond acceptors (Lipinski definition) is 7. The maximum atomic E-state index is 12.9. The third-order valence-electron chi connectivity index (χ3n) is 4.81. The van der Waals surface area contributed by atoms with Gasteiger partial charge in [-0.15, -0.1) is 16.4 Å². The number of nitrogens with one attached hydrogen (secondary N) is 1. The number of aryl methyl sites for hydroxylation is 2. The molecule has 13 heteroatoms. The first-order valence-corrected chi connectivity index (χ1v) is 9.93. The van der Waals surface area contributed by atoms with Crippen LogP contribution in [0.4, 0.5) is 13.2 Å². The van der Waals surface area contributed by atoms with Gasteiger partial charge in [-0.2, -0.15) is 18.2 Å². The molecule has 162 valence electrons. The van der Waals surface area contributed by atoms with E-state index >= 15 is 0 Å². The molecule has 0 atom stereocenters. The molecular weight excluding hydrogens is 435 g/mol. The molecule has 0 fully saturated rings. The van der Waals surface area contributed by atoms with Crippen molar-refractivity contribution < 1.29 is 18.0 Å². The van der Waals surface area contributed by atoms with E-state index in [0.29, 0.717) is 33.0 Å². The highest BCUT2D eigenvalue weighted by atomic mass is 32.1.